The van der Waals surface area contributed by atoms with Crippen LogP contribution < -0.4 is 10.9 Å². The molecule has 0 aliphatic carbocycles. The van der Waals surface area contributed by atoms with E-state index in [4.69, 9.17) is 0 Å². The molecule has 0 aliphatic heterocycles. The lowest BCUT2D eigenvalue weighted by molar-refractivity contribution is -0.524. The molecule has 0 heterocycles. The number of hydrogen-bond donors (Lipinski definition) is 2. The Balaban J connectivity index is 2.21. The fraction of sp³-hybridized carbons (Fsp3) is 0.333. The van der Waals surface area contributed by atoms with Crippen LogP contribution in [-0.2, 0) is 0 Å². The fourth-order valence-corrected chi connectivity index (χ4v) is 2.30. The molecule has 2 rings (SSSR count). The molecule has 0 spiro atoms. The van der Waals surface area contributed by atoms with E-state index in [0.717, 1.165) is 33.6 Å². The monoisotopic (exact) mass is 356 g/mol. The number of anilines is 2. The highest BCUT2D eigenvalue weighted by molar-refractivity contribution is 5.71. The molecule has 0 aliphatic rings. The Labute approximate surface area is 153 Å². The first-order valence-electron chi connectivity index (χ1n) is 8.49. The molecule has 0 unspecified atom stereocenters. The van der Waals surface area contributed by atoms with Crippen LogP contribution in [-0.4, -0.2) is 22.8 Å². The van der Waals surface area contributed by atoms with Crippen molar-refractivity contribution in [3.8, 4) is 11.1 Å². The average molecular weight is 356 g/mol. The minimum Gasteiger partial charge on any atom is -0.696 e. The van der Waals surface area contributed by atoms with Gasteiger partial charge in [0, 0.05) is 0 Å². The number of nitrogens with zero attached hydrogens (tertiary/aromatic N) is 4. The average Bonchev–Trinajstić information content (AvgIpc) is 2.65. The Kier molecular flexibility index (Phi) is 6.48. The predicted molar refractivity (Wildman–Crippen MR) is 102 cm³/mol. The Morgan fingerprint density at radius 2 is 1.15 bits per heavy atom. The van der Waals surface area contributed by atoms with E-state index >= 15 is 0 Å². The number of benzene rings is 2. The third-order valence-electron chi connectivity index (χ3n) is 3.89. The molecule has 0 atom stereocenters. The largest absolute Gasteiger partial charge is 0.696 e. The molecule has 0 bridgehead atoms. The van der Waals surface area contributed by atoms with Crippen molar-refractivity contribution in [2.45, 2.75) is 27.7 Å². The second-order valence-electron chi connectivity index (χ2n) is 5.82. The van der Waals surface area contributed by atoms with Gasteiger partial charge in [-0.05, 0) is 74.2 Å². The Morgan fingerprint density at radius 3 is 1.46 bits per heavy atom. The maximum atomic E-state index is 11.2. The molecule has 0 saturated carbocycles. The van der Waals surface area contributed by atoms with Crippen LogP contribution in [0.25, 0.3) is 11.1 Å². The highest BCUT2D eigenvalue weighted by atomic mass is 16.5. The molecule has 138 valence electrons. The van der Waals surface area contributed by atoms with Gasteiger partial charge in [-0.15, -0.1) is 10.9 Å². The van der Waals surface area contributed by atoms with Crippen molar-refractivity contribution in [1.29, 1.82) is 0 Å². The van der Waals surface area contributed by atoms with Crippen LogP contribution in [0.4, 0.5) is 11.4 Å². The highest BCUT2D eigenvalue weighted by Crippen LogP contribution is 2.28. The molecule has 26 heavy (non-hydrogen) atoms. The van der Waals surface area contributed by atoms with E-state index in [1.807, 2.05) is 50.2 Å². The predicted octanol–water partition coefficient (Wildman–Crippen LogP) is 4.59. The number of hydroxylamine groups is 2. The van der Waals surface area contributed by atoms with Crippen molar-refractivity contribution in [1.82, 2.24) is 0 Å². The molecule has 2 aromatic carbocycles. The molecule has 2 N–H and O–H groups in total. The second-order valence-corrected chi connectivity index (χ2v) is 5.82. The van der Waals surface area contributed by atoms with Gasteiger partial charge in [0.2, 0.25) is 0 Å². The van der Waals surface area contributed by atoms with E-state index in [0.29, 0.717) is 22.8 Å². The van der Waals surface area contributed by atoms with E-state index in [9.17, 15) is 10.4 Å². The lowest BCUT2D eigenvalue weighted by Crippen LogP contribution is -2.03. The van der Waals surface area contributed by atoms with Crippen LogP contribution in [0.3, 0.4) is 0 Å². The van der Waals surface area contributed by atoms with Gasteiger partial charge in [-0.2, -0.15) is 9.72 Å². The number of rotatable bonds is 7. The normalized spacial score (nSPS) is 12.2. The van der Waals surface area contributed by atoms with Gasteiger partial charge in [-0.25, -0.2) is 0 Å². The second kappa shape index (κ2) is 8.80. The van der Waals surface area contributed by atoms with Crippen LogP contribution in [0.5, 0.6) is 0 Å². The first-order valence-corrected chi connectivity index (χ1v) is 8.49. The van der Waals surface area contributed by atoms with Crippen LogP contribution >= 0.6 is 0 Å². The van der Waals surface area contributed by atoms with Gasteiger partial charge in [-0.3, -0.25) is 0 Å². The molecule has 0 radical (unpaired) electrons. The molecule has 0 aromatic heterocycles. The molecule has 8 heteroatoms. The summed E-state index contributed by atoms with van der Waals surface area (Å²) in [5, 5.41) is 29.9. The zero-order valence-electron chi connectivity index (χ0n) is 15.5. The van der Waals surface area contributed by atoms with Gasteiger partial charge in [-0.1, -0.05) is 12.1 Å². The van der Waals surface area contributed by atoms with Gasteiger partial charge < -0.3 is 10.4 Å². The standard InChI is InChI=1S/C18H24N6O2/c1-5-23(25)21-19-17-9-7-15(11-13(17)3)16-8-10-18(14(4)12-16)20-22-24(26)6-2/h7-12,19-20H,5-6H2,1-4H3/b23-21+,24-22+. The van der Waals surface area contributed by atoms with Crippen LogP contribution in [0.1, 0.15) is 25.0 Å². The molecular weight excluding hydrogens is 332 g/mol. The molecule has 8 nitrogen and oxygen atoms in total. The van der Waals surface area contributed by atoms with E-state index < -0.39 is 0 Å². The van der Waals surface area contributed by atoms with Crippen molar-refractivity contribution >= 4 is 11.4 Å². The maximum Gasteiger partial charge on any atom is 0.149 e. The lowest BCUT2D eigenvalue weighted by atomic mass is 10.00. The van der Waals surface area contributed by atoms with E-state index in [2.05, 4.69) is 21.3 Å². The van der Waals surface area contributed by atoms with Crippen LogP contribution in [0.15, 0.2) is 46.8 Å². The Hall–Kier alpha value is -3.16. The Bertz CT molecular complexity index is 763. The zero-order chi connectivity index (χ0) is 19.1. The fourth-order valence-electron chi connectivity index (χ4n) is 2.30. The number of nitrogens with one attached hydrogen (secondary N) is 2. The molecule has 0 fully saturated rings. The smallest absolute Gasteiger partial charge is 0.149 e. The van der Waals surface area contributed by atoms with Crippen molar-refractivity contribution in [2.75, 3.05) is 23.9 Å². The molecule has 0 amide bonds. The zero-order valence-corrected chi connectivity index (χ0v) is 15.5. The number of hydrogen-bond acceptors (Lipinski definition) is 4. The Morgan fingerprint density at radius 1 is 0.769 bits per heavy atom. The van der Waals surface area contributed by atoms with Crippen molar-refractivity contribution in [3.63, 3.8) is 0 Å². The number of aryl methyl sites for hydroxylation is 2. The summed E-state index contributed by atoms with van der Waals surface area (Å²) < 4.78 is 0. The third-order valence-corrected chi connectivity index (χ3v) is 3.89. The minimum absolute atomic E-state index is 0.290. The molecule has 0 saturated heterocycles. The van der Waals surface area contributed by atoms with Gasteiger partial charge in [0.1, 0.15) is 24.5 Å². The first-order chi connectivity index (χ1) is 12.4. The van der Waals surface area contributed by atoms with Gasteiger partial charge in [0.15, 0.2) is 0 Å². The quantitative estimate of drug-likeness (QED) is 0.430. The topological polar surface area (TPSA) is 101 Å². The molecular formula is C18H24N6O2. The van der Waals surface area contributed by atoms with Crippen molar-refractivity contribution < 1.29 is 9.72 Å². The summed E-state index contributed by atoms with van der Waals surface area (Å²) in [5.74, 6) is 0. The van der Waals surface area contributed by atoms with Gasteiger partial charge >= 0.3 is 0 Å². The summed E-state index contributed by atoms with van der Waals surface area (Å²) in [6.45, 7) is 7.96. The van der Waals surface area contributed by atoms with E-state index in [1.54, 1.807) is 13.8 Å². The van der Waals surface area contributed by atoms with Gasteiger partial charge in [0.05, 0.1) is 10.4 Å². The van der Waals surface area contributed by atoms with E-state index in [1.165, 1.54) is 0 Å². The minimum atomic E-state index is 0.290. The summed E-state index contributed by atoms with van der Waals surface area (Å²) in [7, 11) is 0. The summed E-state index contributed by atoms with van der Waals surface area (Å²) >= 11 is 0. The first kappa shape index (κ1) is 19.2. The maximum absolute atomic E-state index is 11.2. The summed E-state index contributed by atoms with van der Waals surface area (Å²) in [4.78, 5) is 1.18. The highest BCUT2D eigenvalue weighted by Gasteiger charge is 2.08. The summed E-state index contributed by atoms with van der Waals surface area (Å²) in [5.41, 5.74) is 11.2. The summed E-state index contributed by atoms with van der Waals surface area (Å²) in [6, 6.07) is 11.8. The van der Waals surface area contributed by atoms with Crippen LogP contribution in [0, 0.1) is 24.3 Å². The van der Waals surface area contributed by atoms with Gasteiger partial charge in [0.25, 0.3) is 0 Å². The molecule has 2 aromatic rings. The van der Waals surface area contributed by atoms with Crippen molar-refractivity contribution in [3.05, 3.63) is 57.9 Å². The van der Waals surface area contributed by atoms with Crippen molar-refractivity contribution in [2.24, 2.45) is 10.4 Å². The van der Waals surface area contributed by atoms with E-state index in [-0.39, 0.29) is 0 Å². The SMILES string of the molecule is CC/[N+]([O-])=N\Nc1ccc(-c2ccc(N/N=[N+](/[O-])CC)c(C)c2)cc1C. The third kappa shape index (κ3) is 4.92. The lowest BCUT2D eigenvalue weighted by Gasteiger charge is -2.08. The summed E-state index contributed by atoms with van der Waals surface area (Å²) in [6.07, 6.45) is 0. The van der Waals surface area contributed by atoms with Crippen LogP contribution in [0.2, 0.25) is 0 Å².